The van der Waals surface area contributed by atoms with Crippen molar-refractivity contribution in [3.8, 4) is 17.2 Å². The van der Waals surface area contributed by atoms with Crippen molar-refractivity contribution in [2.45, 2.75) is 38.1 Å². The maximum Gasteiger partial charge on any atom is 0.342 e. The number of fused-ring (bicyclic) bond motifs is 1. The molecule has 1 aromatic carbocycles. The van der Waals surface area contributed by atoms with Gasteiger partial charge in [0.25, 0.3) is 0 Å². The third kappa shape index (κ3) is 3.75. The monoisotopic (exact) mass is 363 g/mol. The first-order chi connectivity index (χ1) is 12.7. The Morgan fingerprint density at radius 3 is 2.50 bits per heavy atom. The van der Waals surface area contributed by atoms with Crippen LogP contribution in [0.25, 0.3) is 0 Å². The summed E-state index contributed by atoms with van der Waals surface area (Å²) >= 11 is 0. The first-order valence-electron chi connectivity index (χ1n) is 9.39. The Balaban J connectivity index is 1.70. The molecule has 0 amide bonds. The van der Waals surface area contributed by atoms with Crippen LogP contribution in [0.5, 0.6) is 17.2 Å². The highest BCUT2D eigenvalue weighted by Gasteiger charge is 2.34. The van der Waals surface area contributed by atoms with Gasteiger partial charge in [-0.15, -0.1) is 0 Å². The second-order valence-corrected chi connectivity index (χ2v) is 6.98. The Hall–Kier alpha value is -1.95. The zero-order chi connectivity index (χ0) is 18.5. The minimum Gasteiger partial charge on any atom is -0.493 e. The number of carbonyl (C=O) groups excluding carboxylic acids is 1. The largest absolute Gasteiger partial charge is 0.493 e. The number of hydrogen-bond acceptors (Lipinski definition) is 6. The molecule has 0 aliphatic carbocycles. The number of rotatable bonds is 6. The molecule has 1 aromatic rings. The number of piperidine rings is 2. The summed E-state index contributed by atoms with van der Waals surface area (Å²) in [6.07, 6.45) is 6.07. The summed E-state index contributed by atoms with van der Waals surface area (Å²) in [5, 5.41) is 0. The van der Waals surface area contributed by atoms with Crippen molar-refractivity contribution < 1.29 is 23.7 Å². The number of esters is 1. The Bertz CT molecular complexity index is 631. The molecule has 0 saturated carbocycles. The molecule has 2 atom stereocenters. The van der Waals surface area contributed by atoms with Crippen LogP contribution < -0.4 is 14.2 Å². The van der Waals surface area contributed by atoms with Crippen LogP contribution in [0.1, 0.15) is 42.5 Å². The molecule has 0 bridgehead atoms. The summed E-state index contributed by atoms with van der Waals surface area (Å²) in [4.78, 5) is 15.3. The van der Waals surface area contributed by atoms with E-state index >= 15 is 0 Å². The van der Waals surface area contributed by atoms with Crippen molar-refractivity contribution in [1.82, 2.24) is 4.90 Å². The summed E-state index contributed by atoms with van der Waals surface area (Å²) in [5.74, 6) is 1.31. The van der Waals surface area contributed by atoms with Crippen LogP contribution in [0.3, 0.4) is 0 Å². The highest BCUT2D eigenvalue weighted by atomic mass is 16.5. The number of nitrogens with zero attached hydrogens (tertiary/aromatic N) is 1. The number of hydrogen-bond donors (Lipinski definition) is 0. The lowest BCUT2D eigenvalue weighted by Gasteiger charge is -2.44. The quantitative estimate of drug-likeness (QED) is 0.724. The Labute approximate surface area is 155 Å². The topological polar surface area (TPSA) is 57.2 Å². The van der Waals surface area contributed by atoms with Gasteiger partial charge in [-0.2, -0.15) is 0 Å². The number of benzene rings is 1. The van der Waals surface area contributed by atoms with Gasteiger partial charge < -0.3 is 18.9 Å². The Morgan fingerprint density at radius 1 is 1.00 bits per heavy atom. The van der Waals surface area contributed by atoms with E-state index in [1.54, 1.807) is 19.2 Å². The smallest absolute Gasteiger partial charge is 0.342 e. The van der Waals surface area contributed by atoms with Gasteiger partial charge in [-0.05, 0) is 50.9 Å². The molecule has 6 nitrogen and oxygen atoms in total. The van der Waals surface area contributed by atoms with Crippen LogP contribution in [0.2, 0.25) is 0 Å². The molecular formula is C20H29NO5. The molecule has 2 heterocycles. The van der Waals surface area contributed by atoms with Crippen molar-refractivity contribution in [2.75, 3.05) is 41.0 Å². The lowest BCUT2D eigenvalue weighted by Crippen LogP contribution is -2.49. The van der Waals surface area contributed by atoms with Crippen LogP contribution in [0, 0.1) is 5.92 Å². The molecule has 2 aliphatic heterocycles. The van der Waals surface area contributed by atoms with Gasteiger partial charge in [0.2, 0.25) is 5.75 Å². The van der Waals surface area contributed by atoms with Gasteiger partial charge in [-0.25, -0.2) is 4.79 Å². The predicted molar refractivity (Wildman–Crippen MR) is 98.3 cm³/mol. The summed E-state index contributed by atoms with van der Waals surface area (Å²) in [5.41, 5.74) is 0.362. The fourth-order valence-electron chi connectivity index (χ4n) is 4.29. The minimum atomic E-state index is -0.379. The van der Waals surface area contributed by atoms with E-state index in [-0.39, 0.29) is 5.97 Å². The number of carbonyl (C=O) groups is 1. The highest BCUT2D eigenvalue weighted by Crippen LogP contribution is 2.40. The van der Waals surface area contributed by atoms with E-state index in [0.717, 1.165) is 6.42 Å². The first kappa shape index (κ1) is 18.8. The van der Waals surface area contributed by atoms with E-state index in [1.807, 2.05) is 0 Å². The third-order valence-electron chi connectivity index (χ3n) is 5.58. The molecule has 3 rings (SSSR count). The number of methoxy groups -OCH3 is 3. The maximum absolute atomic E-state index is 12.7. The summed E-state index contributed by atoms with van der Waals surface area (Å²) in [6, 6.07) is 3.91. The summed E-state index contributed by atoms with van der Waals surface area (Å²) < 4.78 is 21.7. The van der Waals surface area contributed by atoms with Gasteiger partial charge in [0, 0.05) is 12.0 Å². The zero-order valence-corrected chi connectivity index (χ0v) is 16.0. The summed E-state index contributed by atoms with van der Waals surface area (Å²) in [7, 11) is 4.58. The molecule has 0 radical (unpaired) electrons. The second-order valence-electron chi connectivity index (χ2n) is 6.98. The Kier molecular flexibility index (Phi) is 6.25. The SMILES string of the molecule is COc1ccc(C(=O)OC[C@@H]2CCCN3CCCC[C@H]23)c(OC)c1OC. The molecule has 2 fully saturated rings. The average molecular weight is 363 g/mol. The zero-order valence-electron chi connectivity index (χ0n) is 16.0. The molecule has 0 spiro atoms. The minimum absolute atomic E-state index is 0.347. The molecule has 0 unspecified atom stereocenters. The van der Waals surface area contributed by atoms with E-state index in [1.165, 1.54) is 53.0 Å². The molecule has 0 N–H and O–H groups in total. The van der Waals surface area contributed by atoms with Crippen molar-refractivity contribution in [3.05, 3.63) is 17.7 Å². The van der Waals surface area contributed by atoms with E-state index in [9.17, 15) is 4.79 Å². The van der Waals surface area contributed by atoms with Crippen molar-refractivity contribution in [3.63, 3.8) is 0 Å². The van der Waals surface area contributed by atoms with Crippen molar-refractivity contribution >= 4 is 5.97 Å². The van der Waals surface area contributed by atoms with E-state index in [2.05, 4.69) is 4.90 Å². The lowest BCUT2D eigenvalue weighted by molar-refractivity contribution is 0.00718. The summed E-state index contributed by atoms with van der Waals surface area (Å²) in [6.45, 7) is 2.81. The third-order valence-corrected chi connectivity index (χ3v) is 5.58. The van der Waals surface area contributed by atoms with Crippen LogP contribution >= 0.6 is 0 Å². The lowest BCUT2D eigenvalue weighted by atomic mass is 9.84. The molecule has 144 valence electrons. The van der Waals surface area contributed by atoms with Gasteiger partial charge >= 0.3 is 5.97 Å². The van der Waals surface area contributed by atoms with E-state index < -0.39 is 0 Å². The maximum atomic E-state index is 12.7. The van der Waals surface area contributed by atoms with Crippen LogP contribution in [0.15, 0.2) is 12.1 Å². The van der Waals surface area contributed by atoms with Crippen LogP contribution in [-0.2, 0) is 4.74 Å². The predicted octanol–water partition coefficient (Wildman–Crippen LogP) is 3.13. The normalized spacial score (nSPS) is 23.0. The molecule has 6 heteroatoms. The van der Waals surface area contributed by atoms with Crippen LogP contribution in [-0.4, -0.2) is 57.9 Å². The fraction of sp³-hybridized carbons (Fsp3) is 0.650. The van der Waals surface area contributed by atoms with Gasteiger partial charge in [-0.1, -0.05) is 6.42 Å². The van der Waals surface area contributed by atoms with Gasteiger partial charge in [0.05, 0.1) is 27.9 Å². The number of ether oxygens (including phenoxy) is 4. The molecule has 0 aromatic heterocycles. The van der Waals surface area contributed by atoms with Gasteiger partial charge in [0.15, 0.2) is 11.5 Å². The van der Waals surface area contributed by atoms with Crippen molar-refractivity contribution in [2.24, 2.45) is 5.92 Å². The average Bonchev–Trinajstić information content (AvgIpc) is 2.70. The molecule has 2 saturated heterocycles. The second kappa shape index (κ2) is 8.62. The van der Waals surface area contributed by atoms with Crippen molar-refractivity contribution in [1.29, 1.82) is 0 Å². The van der Waals surface area contributed by atoms with Gasteiger partial charge in [-0.3, -0.25) is 4.90 Å². The molecule has 2 aliphatic rings. The Morgan fingerprint density at radius 2 is 1.77 bits per heavy atom. The van der Waals surface area contributed by atoms with E-state index in [4.69, 9.17) is 18.9 Å². The molecule has 26 heavy (non-hydrogen) atoms. The standard InChI is InChI=1S/C20H29NO5/c1-23-17-10-9-15(18(24-2)19(17)25-3)20(22)26-13-14-7-6-12-21-11-5-4-8-16(14)21/h9-10,14,16H,4-8,11-13H2,1-3H3/t14-,16+/m0/s1. The fourth-order valence-corrected chi connectivity index (χ4v) is 4.29. The van der Waals surface area contributed by atoms with Crippen LogP contribution in [0.4, 0.5) is 0 Å². The highest BCUT2D eigenvalue weighted by molar-refractivity contribution is 5.94. The van der Waals surface area contributed by atoms with Gasteiger partial charge in [0.1, 0.15) is 5.56 Å². The first-order valence-corrected chi connectivity index (χ1v) is 9.39. The van der Waals surface area contributed by atoms with E-state index in [0.29, 0.717) is 41.4 Å². The molecular weight excluding hydrogens is 334 g/mol.